The zero-order valence-electron chi connectivity index (χ0n) is 10.9. The quantitative estimate of drug-likeness (QED) is 0.636. The monoisotopic (exact) mass is 343 g/mol. The Kier molecular flexibility index (Phi) is 3.43. The fraction of sp³-hybridized carbons (Fsp3) is 0.0625. The molecule has 0 saturated carbocycles. The van der Waals surface area contributed by atoms with Crippen molar-refractivity contribution in [2.24, 2.45) is 0 Å². The van der Waals surface area contributed by atoms with Crippen LogP contribution in [0.2, 0.25) is 0 Å². The highest BCUT2D eigenvalue weighted by Gasteiger charge is 2.38. The fourth-order valence-corrected chi connectivity index (χ4v) is 2.85. The molecule has 3 rings (SSSR count). The number of amides is 1. The molecule has 2 aromatic rings. The van der Waals surface area contributed by atoms with Crippen LogP contribution in [0.5, 0.6) is 0 Å². The van der Waals surface area contributed by atoms with Crippen molar-refractivity contribution in [3.05, 3.63) is 64.1 Å². The van der Waals surface area contributed by atoms with Gasteiger partial charge in [0.1, 0.15) is 0 Å². The minimum absolute atomic E-state index is 0.141. The molecule has 0 radical (unpaired) electrons. The van der Waals surface area contributed by atoms with Crippen molar-refractivity contribution in [2.45, 2.75) is 0 Å². The number of rotatable bonds is 3. The molecule has 5 heteroatoms. The summed E-state index contributed by atoms with van der Waals surface area (Å²) in [4.78, 5) is 37.6. The maximum absolute atomic E-state index is 12.2. The molecular weight excluding hydrogens is 334 g/mol. The van der Waals surface area contributed by atoms with Crippen LogP contribution in [0.15, 0.2) is 53.0 Å². The smallest absolute Gasteiger partial charge is 0.297 e. The largest absolute Gasteiger partial charge is 0.299 e. The van der Waals surface area contributed by atoms with Gasteiger partial charge in [0.15, 0.2) is 5.78 Å². The third-order valence-electron chi connectivity index (χ3n) is 3.35. The standard InChI is InChI=1S/C16H10BrNO3/c17-11-7-4-8-12-14(11)15(20)16(21)18(12)9-13(19)10-5-2-1-3-6-10/h1-8H,9H2. The number of carbonyl (C=O) groups excluding carboxylic acids is 3. The molecule has 0 aliphatic carbocycles. The van der Waals surface area contributed by atoms with Gasteiger partial charge in [0.25, 0.3) is 11.7 Å². The molecule has 1 aliphatic rings. The van der Waals surface area contributed by atoms with Crippen LogP contribution >= 0.6 is 15.9 Å². The van der Waals surface area contributed by atoms with Gasteiger partial charge in [-0.3, -0.25) is 19.3 Å². The van der Waals surface area contributed by atoms with Gasteiger partial charge >= 0.3 is 0 Å². The molecule has 104 valence electrons. The molecule has 0 aromatic heterocycles. The van der Waals surface area contributed by atoms with E-state index in [1.165, 1.54) is 4.90 Å². The van der Waals surface area contributed by atoms with Gasteiger partial charge in [-0.2, -0.15) is 0 Å². The highest BCUT2D eigenvalue weighted by molar-refractivity contribution is 9.10. The average molecular weight is 344 g/mol. The van der Waals surface area contributed by atoms with Gasteiger partial charge in [0.2, 0.25) is 0 Å². The number of fused-ring (bicyclic) bond motifs is 1. The zero-order valence-corrected chi connectivity index (χ0v) is 12.5. The summed E-state index contributed by atoms with van der Waals surface area (Å²) in [7, 11) is 0. The van der Waals surface area contributed by atoms with Crippen molar-refractivity contribution in [1.29, 1.82) is 0 Å². The number of benzene rings is 2. The lowest BCUT2D eigenvalue weighted by molar-refractivity contribution is -0.114. The van der Waals surface area contributed by atoms with Gasteiger partial charge in [-0.25, -0.2) is 0 Å². The summed E-state index contributed by atoms with van der Waals surface area (Å²) in [5.74, 6) is -1.45. The Hall–Kier alpha value is -2.27. The van der Waals surface area contributed by atoms with Gasteiger partial charge in [0, 0.05) is 10.0 Å². The first-order valence-electron chi connectivity index (χ1n) is 6.32. The topological polar surface area (TPSA) is 54.5 Å². The molecule has 0 bridgehead atoms. The molecule has 0 spiro atoms. The van der Waals surface area contributed by atoms with Crippen LogP contribution in [0.4, 0.5) is 5.69 Å². The Balaban J connectivity index is 1.94. The Morgan fingerprint density at radius 3 is 2.43 bits per heavy atom. The summed E-state index contributed by atoms with van der Waals surface area (Å²) in [6, 6.07) is 13.8. The van der Waals surface area contributed by atoms with Crippen LogP contribution in [-0.2, 0) is 4.79 Å². The van der Waals surface area contributed by atoms with Crippen molar-refractivity contribution in [3.63, 3.8) is 0 Å². The molecule has 0 fully saturated rings. The highest BCUT2D eigenvalue weighted by Crippen LogP contribution is 2.34. The number of anilines is 1. The normalized spacial score (nSPS) is 13.5. The number of hydrogen-bond donors (Lipinski definition) is 0. The average Bonchev–Trinajstić information content (AvgIpc) is 2.74. The molecular formula is C16H10BrNO3. The summed E-state index contributed by atoms with van der Waals surface area (Å²) >= 11 is 3.27. The second-order valence-electron chi connectivity index (χ2n) is 4.64. The second kappa shape index (κ2) is 5.26. The van der Waals surface area contributed by atoms with Crippen LogP contribution in [0.25, 0.3) is 0 Å². The number of hydrogen-bond acceptors (Lipinski definition) is 3. The number of Topliss-reactive ketones (excluding diaryl/α,β-unsaturated/α-hetero) is 2. The first-order chi connectivity index (χ1) is 10.1. The van der Waals surface area contributed by atoms with Crippen LogP contribution in [0, 0.1) is 0 Å². The predicted molar refractivity (Wildman–Crippen MR) is 81.6 cm³/mol. The second-order valence-corrected chi connectivity index (χ2v) is 5.50. The third kappa shape index (κ3) is 2.29. The SMILES string of the molecule is O=C(CN1C(=O)C(=O)c2c(Br)cccc21)c1ccccc1. The van der Waals surface area contributed by atoms with Crippen molar-refractivity contribution in [2.75, 3.05) is 11.4 Å². The van der Waals surface area contributed by atoms with E-state index in [-0.39, 0.29) is 12.3 Å². The molecule has 1 amide bonds. The van der Waals surface area contributed by atoms with Gasteiger partial charge in [-0.15, -0.1) is 0 Å². The van der Waals surface area contributed by atoms with E-state index >= 15 is 0 Å². The molecule has 0 unspecified atom stereocenters. The number of ketones is 2. The number of nitrogens with zero attached hydrogens (tertiary/aromatic N) is 1. The lowest BCUT2D eigenvalue weighted by atomic mass is 10.1. The maximum atomic E-state index is 12.2. The third-order valence-corrected chi connectivity index (χ3v) is 4.01. The maximum Gasteiger partial charge on any atom is 0.299 e. The molecule has 2 aromatic carbocycles. The lowest BCUT2D eigenvalue weighted by Gasteiger charge is -2.15. The van der Waals surface area contributed by atoms with E-state index in [0.717, 1.165) is 0 Å². The summed E-state index contributed by atoms with van der Waals surface area (Å²) in [5.41, 5.74) is 1.31. The van der Waals surface area contributed by atoms with E-state index in [2.05, 4.69) is 15.9 Å². The fourth-order valence-electron chi connectivity index (χ4n) is 2.32. The van der Waals surface area contributed by atoms with Gasteiger partial charge in [-0.1, -0.05) is 36.4 Å². The summed E-state index contributed by atoms with van der Waals surface area (Å²) in [5, 5.41) is 0. The molecule has 0 atom stereocenters. The van der Waals surface area contributed by atoms with E-state index < -0.39 is 11.7 Å². The van der Waals surface area contributed by atoms with Gasteiger partial charge in [-0.05, 0) is 28.1 Å². The first-order valence-corrected chi connectivity index (χ1v) is 7.12. The van der Waals surface area contributed by atoms with Crippen molar-refractivity contribution >= 4 is 39.1 Å². The molecule has 4 nitrogen and oxygen atoms in total. The van der Waals surface area contributed by atoms with Crippen LogP contribution in [0.1, 0.15) is 20.7 Å². The van der Waals surface area contributed by atoms with E-state index in [0.29, 0.717) is 21.3 Å². The molecule has 1 aliphatic heterocycles. The first kappa shape index (κ1) is 13.7. The number of halogens is 1. The molecule has 0 saturated heterocycles. The van der Waals surface area contributed by atoms with Crippen LogP contribution in [0.3, 0.4) is 0 Å². The predicted octanol–water partition coefficient (Wildman–Crippen LogP) is 2.86. The summed E-state index contributed by atoms with van der Waals surface area (Å²) in [6.45, 7) is -0.141. The van der Waals surface area contributed by atoms with Gasteiger partial charge in [0.05, 0.1) is 17.8 Å². The van der Waals surface area contributed by atoms with E-state index in [4.69, 9.17) is 0 Å². The van der Waals surface area contributed by atoms with E-state index in [9.17, 15) is 14.4 Å². The minimum atomic E-state index is -0.666. The minimum Gasteiger partial charge on any atom is -0.297 e. The van der Waals surface area contributed by atoms with E-state index in [1.807, 2.05) is 6.07 Å². The number of carbonyl (C=O) groups is 3. The Morgan fingerprint density at radius 1 is 1.00 bits per heavy atom. The Labute approximate surface area is 129 Å². The van der Waals surface area contributed by atoms with Crippen molar-refractivity contribution in [3.8, 4) is 0 Å². The summed E-state index contributed by atoms with van der Waals surface area (Å²) in [6.07, 6.45) is 0. The summed E-state index contributed by atoms with van der Waals surface area (Å²) < 4.78 is 0.563. The Bertz CT molecular complexity index is 755. The van der Waals surface area contributed by atoms with Gasteiger partial charge < -0.3 is 0 Å². The molecule has 21 heavy (non-hydrogen) atoms. The lowest BCUT2D eigenvalue weighted by Crippen LogP contribution is -2.34. The van der Waals surface area contributed by atoms with E-state index in [1.54, 1.807) is 42.5 Å². The zero-order chi connectivity index (χ0) is 15.0. The molecule has 1 heterocycles. The highest BCUT2D eigenvalue weighted by atomic mass is 79.9. The van der Waals surface area contributed by atoms with Crippen molar-refractivity contribution in [1.82, 2.24) is 0 Å². The van der Waals surface area contributed by atoms with Crippen LogP contribution in [-0.4, -0.2) is 24.0 Å². The Morgan fingerprint density at radius 2 is 1.71 bits per heavy atom. The molecule has 0 N–H and O–H groups in total. The van der Waals surface area contributed by atoms with Crippen molar-refractivity contribution < 1.29 is 14.4 Å². The van der Waals surface area contributed by atoms with Crippen LogP contribution < -0.4 is 4.90 Å².